The number of benzene rings is 1. The van der Waals surface area contributed by atoms with Gasteiger partial charge in [0, 0.05) is 18.2 Å². The van der Waals surface area contributed by atoms with E-state index in [1.54, 1.807) is 45.2 Å². The number of halogens is 1. The molecule has 32 heavy (non-hydrogen) atoms. The number of hydrogen-bond acceptors (Lipinski definition) is 7. The van der Waals surface area contributed by atoms with Crippen LogP contribution in [-0.4, -0.2) is 40.1 Å². The molecule has 0 saturated carbocycles. The van der Waals surface area contributed by atoms with Gasteiger partial charge in [0.1, 0.15) is 5.82 Å². The topological polar surface area (TPSA) is 131 Å². The lowest BCUT2D eigenvalue weighted by atomic mass is 10.2. The first kappa shape index (κ1) is 27.0. The van der Waals surface area contributed by atoms with Crippen molar-refractivity contribution in [2.75, 3.05) is 18.5 Å². The molecule has 5 N–H and O–H groups in total. The molecule has 0 bridgehead atoms. The minimum Gasteiger partial charge on any atom is -0.447 e. The number of carbonyl (C=O) groups excluding carboxylic acids is 1. The lowest BCUT2D eigenvalue weighted by Gasteiger charge is -2.17. The number of fused-ring (bicyclic) bond motifs is 1. The molecule has 1 aromatic carbocycles. The maximum absolute atomic E-state index is 14.0. The summed E-state index contributed by atoms with van der Waals surface area (Å²) >= 11 is 0. The number of primary amides is 1. The van der Waals surface area contributed by atoms with E-state index in [1.807, 2.05) is 13.8 Å². The number of aliphatic hydroxyl groups excluding tert-OH is 1. The molecule has 8 nitrogen and oxygen atoms in total. The van der Waals surface area contributed by atoms with Gasteiger partial charge in [-0.05, 0) is 51.0 Å². The molecule has 176 valence electrons. The SMILES string of the molecule is CC.CC(C)(O)OCCCO.Cc1ccc(Nc2c(C(N)=O)oc3cnccc23)c(F)c1. The first-order valence-electron chi connectivity index (χ1n) is 10.3. The van der Waals surface area contributed by atoms with Gasteiger partial charge >= 0.3 is 0 Å². The molecule has 0 fully saturated rings. The molecule has 0 radical (unpaired) electrons. The predicted molar refractivity (Wildman–Crippen MR) is 122 cm³/mol. The van der Waals surface area contributed by atoms with E-state index in [9.17, 15) is 9.18 Å². The summed E-state index contributed by atoms with van der Waals surface area (Å²) in [7, 11) is 0. The fraction of sp³-hybridized carbons (Fsp3) is 0.391. The summed E-state index contributed by atoms with van der Waals surface area (Å²) in [5.41, 5.74) is 7.09. The van der Waals surface area contributed by atoms with E-state index in [0.29, 0.717) is 29.7 Å². The van der Waals surface area contributed by atoms with Crippen LogP contribution < -0.4 is 11.1 Å². The maximum Gasteiger partial charge on any atom is 0.286 e. The van der Waals surface area contributed by atoms with E-state index in [0.717, 1.165) is 5.56 Å². The highest BCUT2D eigenvalue weighted by atomic mass is 19.1. The number of aliphatic hydroxyl groups is 2. The van der Waals surface area contributed by atoms with Crippen LogP contribution in [0.4, 0.5) is 15.8 Å². The van der Waals surface area contributed by atoms with Crippen LogP contribution in [0.2, 0.25) is 0 Å². The van der Waals surface area contributed by atoms with Crippen molar-refractivity contribution in [3.63, 3.8) is 0 Å². The van der Waals surface area contributed by atoms with Crippen LogP contribution in [0.5, 0.6) is 0 Å². The Labute approximate surface area is 187 Å². The number of nitrogens with zero attached hydrogens (tertiary/aromatic N) is 1. The monoisotopic (exact) mass is 449 g/mol. The highest BCUT2D eigenvalue weighted by Gasteiger charge is 2.19. The number of nitrogens with two attached hydrogens (primary N) is 1. The number of amides is 1. The lowest BCUT2D eigenvalue weighted by Crippen LogP contribution is -2.23. The number of carbonyl (C=O) groups is 1. The first-order valence-corrected chi connectivity index (χ1v) is 10.3. The highest BCUT2D eigenvalue weighted by Crippen LogP contribution is 2.33. The Balaban J connectivity index is 0.000000396. The summed E-state index contributed by atoms with van der Waals surface area (Å²) in [4.78, 5) is 15.4. The third-order valence-electron chi connectivity index (χ3n) is 3.86. The molecule has 0 unspecified atom stereocenters. The fourth-order valence-corrected chi connectivity index (χ4v) is 2.49. The van der Waals surface area contributed by atoms with Gasteiger partial charge < -0.3 is 30.4 Å². The van der Waals surface area contributed by atoms with Crippen molar-refractivity contribution < 1.29 is 28.6 Å². The van der Waals surface area contributed by atoms with Crippen molar-refractivity contribution >= 4 is 28.3 Å². The normalized spacial score (nSPS) is 10.6. The van der Waals surface area contributed by atoms with E-state index >= 15 is 0 Å². The number of pyridine rings is 1. The van der Waals surface area contributed by atoms with Crippen molar-refractivity contribution in [2.45, 2.75) is 46.8 Å². The summed E-state index contributed by atoms with van der Waals surface area (Å²) in [5.74, 6) is -2.28. The minimum absolute atomic E-state index is 0.0574. The molecule has 0 aliphatic carbocycles. The van der Waals surface area contributed by atoms with E-state index < -0.39 is 17.5 Å². The Bertz CT molecular complexity index is 999. The average molecular weight is 450 g/mol. The minimum atomic E-state index is -1.06. The van der Waals surface area contributed by atoms with Crippen molar-refractivity contribution in [1.82, 2.24) is 4.98 Å². The van der Waals surface area contributed by atoms with Gasteiger partial charge in [-0.25, -0.2) is 4.39 Å². The zero-order valence-electron chi connectivity index (χ0n) is 19.1. The Morgan fingerprint density at radius 2 is 2.00 bits per heavy atom. The van der Waals surface area contributed by atoms with Crippen LogP contribution in [0.15, 0.2) is 41.1 Å². The molecule has 0 saturated heterocycles. The Hall–Kier alpha value is -3.01. The number of hydrogen-bond donors (Lipinski definition) is 4. The van der Waals surface area contributed by atoms with Crippen LogP contribution in [0.25, 0.3) is 11.0 Å². The van der Waals surface area contributed by atoms with Gasteiger partial charge in [-0.3, -0.25) is 9.78 Å². The van der Waals surface area contributed by atoms with Crippen molar-refractivity contribution in [1.29, 1.82) is 0 Å². The van der Waals surface area contributed by atoms with E-state index in [4.69, 9.17) is 25.1 Å². The molecule has 2 aromatic heterocycles. The lowest BCUT2D eigenvalue weighted by molar-refractivity contribution is -0.177. The quantitative estimate of drug-likeness (QED) is 0.313. The van der Waals surface area contributed by atoms with E-state index in [1.165, 1.54) is 12.3 Å². The zero-order chi connectivity index (χ0) is 24.3. The largest absolute Gasteiger partial charge is 0.447 e. The molecule has 0 aliphatic heterocycles. The van der Waals surface area contributed by atoms with Crippen LogP contribution in [0.3, 0.4) is 0 Å². The van der Waals surface area contributed by atoms with Gasteiger partial charge in [-0.15, -0.1) is 0 Å². The summed E-state index contributed by atoms with van der Waals surface area (Å²) in [6.07, 6.45) is 3.60. The predicted octanol–water partition coefficient (Wildman–Crippen LogP) is 4.26. The average Bonchev–Trinajstić information content (AvgIpc) is 3.10. The number of furan rings is 1. The van der Waals surface area contributed by atoms with E-state index in [-0.39, 0.29) is 18.1 Å². The molecule has 0 aliphatic rings. The standard InChI is InChI=1S/C15H12FN3O2.C6H14O3.C2H6/c1-8-2-3-11(10(16)6-8)19-13-9-4-5-18-7-12(9)21-14(13)15(17)20;1-6(2,8)9-5-3-4-7;1-2/h2-7,19H,1H3,(H2,17,20);7-8H,3-5H2,1-2H3;1-2H3. The van der Waals surface area contributed by atoms with Crippen molar-refractivity contribution in [3.05, 3.63) is 53.8 Å². The van der Waals surface area contributed by atoms with Gasteiger partial charge in [0.05, 0.1) is 24.2 Å². The second-order valence-electron chi connectivity index (χ2n) is 7.02. The van der Waals surface area contributed by atoms with Gasteiger partial charge in [0.2, 0.25) is 5.76 Å². The Kier molecular flexibility index (Phi) is 10.8. The van der Waals surface area contributed by atoms with Gasteiger partial charge in [0.15, 0.2) is 11.4 Å². The second-order valence-corrected chi connectivity index (χ2v) is 7.02. The number of ether oxygens (including phenoxy) is 1. The Morgan fingerprint density at radius 3 is 2.56 bits per heavy atom. The summed E-state index contributed by atoms with van der Waals surface area (Å²) in [6, 6.07) is 6.42. The van der Waals surface area contributed by atoms with Gasteiger partial charge in [0.25, 0.3) is 5.91 Å². The number of anilines is 2. The smallest absolute Gasteiger partial charge is 0.286 e. The van der Waals surface area contributed by atoms with Crippen LogP contribution >= 0.6 is 0 Å². The molecular weight excluding hydrogens is 417 g/mol. The second kappa shape index (κ2) is 12.7. The number of aryl methyl sites for hydroxylation is 1. The van der Waals surface area contributed by atoms with Crippen LogP contribution in [-0.2, 0) is 4.74 Å². The van der Waals surface area contributed by atoms with E-state index in [2.05, 4.69) is 10.3 Å². The summed E-state index contributed by atoms with van der Waals surface area (Å²) < 4.78 is 24.2. The third kappa shape index (κ3) is 8.26. The molecule has 0 atom stereocenters. The van der Waals surface area contributed by atoms with Crippen LogP contribution in [0.1, 0.15) is 50.2 Å². The maximum atomic E-state index is 14.0. The fourth-order valence-electron chi connectivity index (χ4n) is 2.49. The van der Waals surface area contributed by atoms with Crippen molar-refractivity contribution in [3.8, 4) is 0 Å². The van der Waals surface area contributed by atoms with Crippen LogP contribution in [0, 0.1) is 12.7 Å². The van der Waals surface area contributed by atoms with Crippen molar-refractivity contribution in [2.24, 2.45) is 5.73 Å². The number of rotatable bonds is 7. The molecular formula is C23H32FN3O5. The molecule has 3 rings (SSSR count). The Morgan fingerprint density at radius 1 is 1.31 bits per heavy atom. The first-order chi connectivity index (χ1) is 15.1. The van der Waals surface area contributed by atoms with Gasteiger partial charge in [-0.2, -0.15) is 0 Å². The number of aromatic nitrogens is 1. The zero-order valence-corrected chi connectivity index (χ0v) is 19.1. The summed E-state index contributed by atoms with van der Waals surface area (Å²) in [6.45, 7) is 9.42. The highest BCUT2D eigenvalue weighted by molar-refractivity contribution is 6.06. The molecule has 2 heterocycles. The van der Waals surface area contributed by atoms with Gasteiger partial charge in [-0.1, -0.05) is 19.9 Å². The summed E-state index contributed by atoms with van der Waals surface area (Å²) in [5, 5.41) is 20.7. The molecule has 1 amide bonds. The third-order valence-corrected chi connectivity index (χ3v) is 3.86. The number of nitrogens with one attached hydrogen (secondary N) is 1. The molecule has 9 heteroatoms. The molecule has 3 aromatic rings. The molecule has 0 spiro atoms.